The lowest BCUT2D eigenvalue weighted by Crippen LogP contribution is -2.47. The van der Waals surface area contributed by atoms with Crippen LogP contribution in [0.15, 0.2) is 71.4 Å². The number of hydrogen-bond donors (Lipinski definition) is 2. The van der Waals surface area contributed by atoms with Gasteiger partial charge >= 0.3 is 0 Å². The van der Waals surface area contributed by atoms with Gasteiger partial charge in [0.05, 0.1) is 0 Å². The van der Waals surface area contributed by atoms with E-state index < -0.39 is 23.6 Å². The van der Waals surface area contributed by atoms with Gasteiger partial charge in [0.25, 0.3) is 11.8 Å². The molecule has 2 amide bonds. The van der Waals surface area contributed by atoms with Crippen LogP contribution < -0.4 is 11.1 Å². The van der Waals surface area contributed by atoms with Gasteiger partial charge in [0, 0.05) is 12.0 Å². The number of amides is 2. The van der Waals surface area contributed by atoms with E-state index in [9.17, 15) is 14.4 Å². The van der Waals surface area contributed by atoms with Crippen LogP contribution in [0.4, 0.5) is 0 Å². The van der Waals surface area contributed by atoms with Crippen molar-refractivity contribution in [3.63, 3.8) is 0 Å². The fourth-order valence-electron chi connectivity index (χ4n) is 2.67. The Labute approximate surface area is 155 Å². The summed E-state index contributed by atoms with van der Waals surface area (Å²) in [5.74, 6) is -2.56. The first-order valence-corrected chi connectivity index (χ1v) is 8.24. The average Bonchev–Trinajstić information content (AvgIpc) is 3.18. The molecule has 1 aromatic heterocycles. The molecule has 0 saturated heterocycles. The van der Waals surface area contributed by atoms with Gasteiger partial charge in [0.1, 0.15) is 23.6 Å². The molecule has 0 bridgehead atoms. The molecule has 3 aromatic rings. The van der Waals surface area contributed by atoms with Crippen molar-refractivity contribution in [2.45, 2.75) is 12.5 Å². The highest BCUT2D eigenvalue weighted by Gasteiger charge is 2.27. The Hall–Kier alpha value is -3.74. The number of ketones is 1. The molecule has 2 aromatic carbocycles. The third-order valence-corrected chi connectivity index (χ3v) is 4.01. The zero-order valence-electron chi connectivity index (χ0n) is 14.3. The van der Waals surface area contributed by atoms with Crippen LogP contribution in [0.5, 0.6) is 0 Å². The quantitative estimate of drug-likeness (QED) is 0.620. The van der Waals surface area contributed by atoms with Gasteiger partial charge in [-0.2, -0.15) is 0 Å². The molecule has 0 unspecified atom stereocenters. The standard InChI is InChI=1S/C20H17N3O4/c21-19(25)18(24)16(11-13-7-3-1-4-8-13)22-20(26)15-12-27-23-17(15)14-9-5-2-6-10-14/h1-10,12,16H,11H2,(H2,21,25)(H,22,26)/t16-/m0/s1. The minimum absolute atomic E-state index is 0.139. The number of hydrogen-bond acceptors (Lipinski definition) is 5. The largest absolute Gasteiger partial charge is 0.363 e. The summed E-state index contributed by atoms with van der Waals surface area (Å²) in [5.41, 5.74) is 7.12. The number of primary amides is 1. The molecule has 0 aliphatic heterocycles. The smallest absolute Gasteiger partial charge is 0.287 e. The predicted molar refractivity (Wildman–Crippen MR) is 97.5 cm³/mol. The van der Waals surface area contributed by atoms with Crippen molar-refractivity contribution in [1.29, 1.82) is 0 Å². The summed E-state index contributed by atoms with van der Waals surface area (Å²) in [6, 6.07) is 16.9. The molecule has 0 radical (unpaired) electrons. The van der Waals surface area contributed by atoms with Crippen molar-refractivity contribution in [2.24, 2.45) is 5.73 Å². The summed E-state index contributed by atoms with van der Waals surface area (Å²) in [5, 5.41) is 6.44. The minimum Gasteiger partial charge on any atom is -0.363 e. The lowest BCUT2D eigenvalue weighted by molar-refractivity contribution is -0.137. The van der Waals surface area contributed by atoms with E-state index in [0.29, 0.717) is 11.3 Å². The van der Waals surface area contributed by atoms with Gasteiger partial charge in [-0.05, 0) is 5.56 Å². The van der Waals surface area contributed by atoms with Gasteiger partial charge in [-0.3, -0.25) is 14.4 Å². The summed E-state index contributed by atoms with van der Waals surface area (Å²) in [6.07, 6.45) is 1.34. The van der Waals surface area contributed by atoms with Crippen LogP contribution in [-0.4, -0.2) is 28.8 Å². The fraction of sp³-hybridized carbons (Fsp3) is 0.100. The van der Waals surface area contributed by atoms with Crippen molar-refractivity contribution < 1.29 is 18.9 Å². The highest BCUT2D eigenvalue weighted by molar-refractivity contribution is 6.38. The second-order valence-electron chi connectivity index (χ2n) is 5.89. The molecule has 7 heteroatoms. The van der Waals surface area contributed by atoms with Crippen LogP contribution in [0.3, 0.4) is 0 Å². The Morgan fingerprint density at radius 2 is 1.63 bits per heavy atom. The molecule has 3 N–H and O–H groups in total. The maximum absolute atomic E-state index is 12.7. The number of nitrogens with two attached hydrogens (primary N) is 1. The number of carbonyl (C=O) groups excluding carboxylic acids is 3. The zero-order valence-corrected chi connectivity index (χ0v) is 14.3. The van der Waals surface area contributed by atoms with Gasteiger partial charge in [-0.15, -0.1) is 0 Å². The van der Waals surface area contributed by atoms with Gasteiger partial charge in [0.2, 0.25) is 5.78 Å². The van der Waals surface area contributed by atoms with Crippen LogP contribution in [0.2, 0.25) is 0 Å². The fourth-order valence-corrected chi connectivity index (χ4v) is 2.67. The summed E-state index contributed by atoms with van der Waals surface area (Å²) in [7, 11) is 0. The third kappa shape index (κ3) is 4.27. The third-order valence-electron chi connectivity index (χ3n) is 4.01. The summed E-state index contributed by atoms with van der Waals surface area (Å²) in [4.78, 5) is 36.3. The number of benzene rings is 2. The second kappa shape index (κ2) is 8.09. The molecule has 3 rings (SSSR count). The number of aromatic nitrogens is 1. The maximum Gasteiger partial charge on any atom is 0.287 e. The van der Waals surface area contributed by atoms with E-state index in [1.807, 2.05) is 12.1 Å². The van der Waals surface area contributed by atoms with E-state index >= 15 is 0 Å². The second-order valence-corrected chi connectivity index (χ2v) is 5.89. The van der Waals surface area contributed by atoms with Crippen molar-refractivity contribution in [3.05, 3.63) is 78.1 Å². The van der Waals surface area contributed by atoms with Gasteiger partial charge in [-0.25, -0.2) is 0 Å². The van der Waals surface area contributed by atoms with Crippen LogP contribution in [0, 0.1) is 0 Å². The van der Waals surface area contributed by atoms with Crippen LogP contribution >= 0.6 is 0 Å². The van der Waals surface area contributed by atoms with E-state index in [0.717, 1.165) is 5.56 Å². The molecular formula is C20H17N3O4. The predicted octanol–water partition coefficient (Wildman–Crippen LogP) is 1.74. The molecule has 136 valence electrons. The van der Waals surface area contributed by atoms with E-state index in [1.165, 1.54) is 6.26 Å². The van der Waals surface area contributed by atoms with Gasteiger partial charge in [0.15, 0.2) is 0 Å². The Balaban J connectivity index is 1.84. The Morgan fingerprint density at radius 3 is 2.26 bits per heavy atom. The Morgan fingerprint density at radius 1 is 1.00 bits per heavy atom. The first kappa shape index (κ1) is 18.1. The Bertz CT molecular complexity index is 952. The molecule has 1 atom stereocenters. The number of rotatable bonds is 7. The van der Waals surface area contributed by atoms with E-state index in [-0.39, 0.29) is 12.0 Å². The lowest BCUT2D eigenvalue weighted by Gasteiger charge is -2.16. The number of Topliss-reactive ketones (excluding diaryl/α,β-unsaturated/α-hetero) is 1. The first-order valence-electron chi connectivity index (χ1n) is 8.24. The molecule has 0 fully saturated rings. The minimum atomic E-state index is -1.11. The van der Waals surface area contributed by atoms with E-state index in [4.69, 9.17) is 10.3 Å². The highest BCUT2D eigenvalue weighted by atomic mass is 16.5. The maximum atomic E-state index is 12.7. The molecule has 1 heterocycles. The normalized spacial score (nSPS) is 11.6. The molecule has 7 nitrogen and oxygen atoms in total. The van der Waals surface area contributed by atoms with Crippen molar-refractivity contribution in [1.82, 2.24) is 10.5 Å². The van der Waals surface area contributed by atoms with Crippen LogP contribution in [-0.2, 0) is 16.0 Å². The van der Waals surface area contributed by atoms with Crippen molar-refractivity contribution >= 4 is 17.6 Å². The molecule has 0 aliphatic carbocycles. The summed E-state index contributed by atoms with van der Waals surface area (Å²) in [6.45, 7) is 0. The van der Waals surface area contributed by atoms with E-state index in [2.05, 4.69) is 10.5 Å². The van der Waals surface area contributed by atoms with Crippen molar-refractivity contribution in [3.8, 4) is 11.3 Å². The first-order chi connectivity index (χ1) is 13.1. The van der Waals surface area contributed by atoms with Crippen LogP contribution in [0.1, 0.15) is 15.9 Å². The van der Waals surface area contributed by atoms with Gasteiger partial charge < -0.3 is 15.6 Å². The number of nitrogens with zero attached hydrogens (tertiary/aromatic N) is 1. The topological polar surface area (TPSA) is 115 Å². The van der Waals surface area contributed by atoms with E-state index in [1.54, 1.807) is 48.5 Å². The SMILES string of the molecule is NC(=O)C(=O)[C@H](Cc1ccccc1)NC(=O)c1conc1-c1ccccc1. The lowest BCUT2D eigenvalue weighted by atomic mass is 10.0. The average molecular weight is 363 g/mol. The molecular weight excluding hydrogens is 346 g/mol. The van der Waals surface area contributed by atoms with Crippen LogP contribution in [0.25, 0.3) is 11.3 Å². The monoisotopic (exact) mass is 363 g/mol. The Kier molecular flexibility index (Phi) is 5.41. The van der Waals surface area contributed by atoms with Crippen molar-refractivity contribution in [2.75, 3.05) is 0 Å². The zero-order chi connectivity index (χ0) is 19.2. The molecule has 0 saturated carbocycles. The molecule has 0 aliphatic rings. The molecule has 0 spiro atoms. The number of nitrogens with one attached hydrogen (secondary N) is 1. The number of carbonyl (C=O) groups is 3. The summed E-state index contributed by atoms with van der Waals surface area (Å²) < 4.78 is 4.94. The van der Waals surface area contributed by atoms with Gasteiger partial charge in [-0.1, -0.05) is 65.8 Å². The molecule has 27 heavy (non-hydrogen) atoms. The summed E-state index contributed by atoms with van der Waals surface area (Å²) >= 11 is 0. The highest BCUT2D eigenvalue weighted by Crippen LogP contribution is 2.21.